The van der Waals surface area contributed by atoms with Crippen LogP contribution in [0.15, 0.2) is 23.1 Å². The minimum atomic E-state index is -3.93. The summed E-state index contributed by atoms with van der Waals surface area (Å²) >= 11 is 0. The maximum atomic E-state index is 13.6. The Hall–Kier alpha value is -1.03. The lowest BCUT2D eigenvalue weighted by Gasteiger charge is -2.08. The Labute approximate surface area is 118 Å². The van der Waals surface area contributed by atoms with Crippen molar-refractivity contribution < 1.29 is 21.2 Å². The summed E-state index contributed by atoms with van der Waals surface area (Å²) in [5.74, 6) is -0.813. The molecular formula is C11H17FN2O4S2. The molecule has 9 heteroatoms. The largest absolute Gasteiger partial charge is 0.243 e. The summed E-state index contributed by atoms with van der Waals surface area (Å²) in [7, 11) is -7.22. The molecule has 0 aliphatic carbocycles. The summed E-state index contributed by atoms with van der Waals surface area (Å²) in [5, 5.41) is 0. The molecule has 2 N–H and O–H groups in total. The van der Waals surface area contributed by atoms with Gasteiger partial charge in [0.05, 0.1) is 6.26 Å². The molecule has 0 unspecified atom stereocenters. The van der Waals surface area contributed by atoms with E-state index in [-0.39, 0.29) is 19.5 Å². The molecule has 0 radical (unpaired) electrons. The van der Waals surface area contributed by atoms with Gasteiger partial charge in [0.2, 0.25) is 20.0 Å². The number of nitrogens with one attached hydrogen (secondary N) is 2. The summed E-state index contributed by atoms with van der Waals surface area (Å²) in [6.45, 7) is 1.78. The molecule has 1 aromatic carbocycles. The molecule has 6 nitrogen and oxygen atoms in total. The van der Waals surface area contributed by atoms with Crippen LogP contribution >= 0.6 is 0 Å². The van der Waals surface area contributed by atoms with Gasteiger partial charge >= 0.3 is 0 Å². The number of halogens is 1. The zero-order chi connectivity index (χ0) is 15.4. The first-order chi connectivity index (χ1) is 9.12. The van der Waals surface area contributed by atoms with Crippen molar-refractivity contribution in [3.8, 4) is 0 Å². The average molecular weight is 324 g/mol. The monoisotopic (exact) mass is 324 g/mol. The molecule has 20 heavy (non-hydrogen) atoms. The first-order valence-electron chi connectivity index (χ1n) is 5.82. The Morgan fingerprint density at radius 2 is 1.70 bits per heavy atom. The number of sulfonamides is 2. The Morgan fingerprint density at radius 1 is 1.10 bits per heavy atom. The standard InChI is InChI=1S/C11H17FN2O4S2/c1-9-4-5-11(10(12)8-9)20(17,18)14-7-3-6-13-19(2,15)16/h4-5,8,13-14H,3,6-7H2,1-2H3. The predicted molar refractivity (Wildman–Crippen MR) is 73.8 cm³/mol. The number of rotatable bonds is 7. The average Bonchev–Trinajstić information content (AvgIpc) is 2.26. The molecule has 0 spiro atoms. The van der Waals surface area contributed by atoms with E-state index in [1.807, 2.05) is 0 Å². The number of aryl methyl sites for hydroxylation is 1. The van der Waals surface area contributed by atoms with E-state index >= 15 is 0 Å². The van der Waals surface area contributed by atoms with Crippen molar-refractivity contribution in [2.24, 2.45) is 0 Å². The topological polar surface area (TPSA) is 92.3 Å². The molecule has 0 fully saturated rings. The molecule has 0 bridgehead atoms. The normalized spacial score (nSPS) is 12.6. The number of hydrogen-bond donors (Lipinski definition) is 2. The van der Waals surface area contributed by atoms with Crippen LogP contribution in [0.1, 0.15) is 12.0 Å². The molecule has 0 aliphatic heterocycles. The van der Waals surface area contributed by atoms with Crippen molar-refractivity contribution in [3.63, 3.8) is 0 Å². The molecule has 1 rings (SSSR count). The lowest BCUT2D eigenvalue weighted by Crippen LogP contribution is -2.29. The van der Waals surface area contributed by atoms with E-state index < -0.39 is 30.8 Å². The SMILES string of the molecule is Cc1ccc(S(=O)(=O)NCCCNS(C)(=O)=O)c(F)c1. The fraction of sp³-hybridized carbons (Fsp3) is 0.455. The fourth-order valence-electron chi connectivity index (χ4n) is 1.45. The Balaban J connectivity index is 2.58. The highest BCUT2D eigenvalue weighted by atomic mass is 32.2. The van der Waals surface area contributed by atoms with Crippen LogP contribution in [-0.4, -0.2) is 36.2 Å². The van der Waals surface area contributed by atoms with E-state index in [1.165, 1.54) is 12.1 Å². The highest BCUT2D eigenvalue weighted by Gasteiger charge is 2.18. The number of hydrogen-bond acceptors (Lipinski definition) is 4. The van der Waals surface area contributed by atoms with Crippen molar-refractivity contribution in [2.45, 2.75) is 18.2 Å². The Morgan fingerprint density at radius 3 is 2.25 bits per heavy atom. The van der Waals surface area contributed by atoms with E-state index in [0.717, 1.165) is 12.3 Å². The molecule has 0 saturated heterocycles. The lowest BCUT2D eigenvalue weighted by atomic mass is 10.2. The third-order valence-electron chi connectivity index (χ3n) is 2.39. The van der Waals surface area contributed by atoms with Gasteiger partial charge in [-0.15, -0.1) is 0 Å². The second-order valence-electron chi connectivity index (χ2n) is 4.35. The molecule has 114 valence electrons. The van der Waals surface area contributed by atoms with Crippen LogP contribution in [0.25, 0.3) is 0 Å². The third kappa shape index (κ3) is 5.53. The van der Waals surface area contributed by atoms with E-state index in [9.17, 15) is 21.2 Å². The van der Waals surface area contributed by atoms with Crippen molar-refractivity contribution in [1.82, 2.24) is 9.44 Å². The highest BCUT2D eigenvalue weighted by molar-refractivity contribution is 7.89. The van der Waals surface area contributed by atoms with Gasteiger partial charge in [-0.05, 0) is 31.0 Å². The van der Waals surface area contributed by atoms with Crippen molar-refractivity contribution in [1.29, 1.82) is 0 Å². The highest BCUT2D eigenvalue weighted by Crippen LogP contribution is 2.15. The van der Waals surface area contributed by atoms with Gasteiger partial charge in [-0.2, -0.15) is 0 Å². The van der Waals surface area contributed by atoms with E-state index in [2.05, 4.69) is 9.44 Å². The molecule has 0 amide bonds. The van der Waals surface area contributed by atoms with Crippen LogP contribution in [0.4, 0.5) is 4.39 Å². The van der Waals surface area contributed by atoms with E-state index in [1.54, 1.807) is 6.92 Å². The first-order valence-corrected chi connectivity index (χ1v) is 9.20. The van der Waals surface area contributed by atoms with Crippen molar-refractivity contribution >= 4 is 20.0 Å². The first kappa shape index (κ1) is 17.0. The van der Waals surface area contributed by atoms with Gasteiger partial charge in [-0.3, -0.25) is 0 Å². The zero-order valence-corrected chi connectivity index (χ0v) is 12.8. The van der Waals surface area contributed by atoms with Gasteiger partial charge in [-0.25, -0.2) is 30.7 Å². The summed E-state index contributed by atoms with van der Waals surface area (Å²) in [5.41, 5.74) is 0.624. The van der Waals surface area contributed by atoms with Gasteiger partial charge in [0.15, 0.2) is 0 Å². The van der Waals surface area contributed by atoms with Gasteiger partial charge in [0, 0.05) is 13.1 Å². The van der Waals surface area contributed by atoms with Gasteiger partial charge < -0.3 is 0 Å². The molecular weight excluding hydrogens is 307 g/mol. The molecule has 0 atom stereocenters. The Bertz CT molecular complexity index is 672. The summed E-state index contributed by atoms with van der Waals surface area (Å²) in [4.78, 5) is -0.417. The number of benzene rings is 1. The van der Waals surface area contributed by atoms with Crippen LogP contribution < -0.4 is 9.44 Å². The van der Waals surface area contributed by atoms with Crippen molar-refractivity contribution in [3.05, 3.63) is 29.6 Å². The van der Waals surface area contributed by atoms with E-state index in [4.69, 9.17) is 0 Å². The molecule has 1 aromatic rings. The third-order valence-corrected chi connectivity index (χ3v) is 4.61. The summed E-state index contributed by atoms with van der Waals surface area (Å²) < 4.78 is 63.3. The van der Waals surface area contributed by atoms with Gasteiger partial charge in [0.25, 0.3) is 0 Å². The minimum Gasteiger partial charge on any atom is -0.215 e. The molecule has 0 saturated carbocycles. The predicted octanol–water partition coefficient (Wildman–Crippen LogP) is 0.352. The van der Waals surface area contributed by atoms with Crippen LogP contribution in [-0.2, 0) is 20.0 Å². The molecule has 0 aliphatic rings. The maximum Gasteiger partial charge on any atom is 0.243 e. The van der Waals surface area contributed by atoms with E-state index in [0.29, 0.717) is 5.56 Å². The van der Waals surface area contributed by atoms with Gasteiger partial charge in [0.1, 0.15) is 10.7 Å². The van der Waals surface area contributed by atoms with Crippen LogP contribution in [0, 0.1) is 12.7 Å². The molecule has 0 aromatic heterocycles. The van der Waals surface area contributed by atoms with Crippen LogP contribution in [0.3, 0.4) is 0 Å². The Kier molecular flexibility index (Phi) is 5.63. The second-order valence-corrected chi connectivity index (χ2v) is 7.92. The van der Waals surface area contributed by atoms with Gasteiger partial charge in [-0.1, -0.05) is 6.07 Å². The van der Waals surface area contributed by atoms with Crippen LogP contribution in [0.2, 0.25) is 0 Å². The fourth-order valence-corrected chi connectivity index (χ4v) is 3.10. The smallest absolute Gasteiger partial charge is 0.215 e. The maximum absolute atomic E-state index is 13.6. The minimum absolute atomic E-state index is 0.0121. The zero-order valence-electron chi connectivity index (χ0n) is 11.2. The van der Waals surface area contributed by atoms with Crippen LogP contribution in [0.5, 0.6) is 0 Å². The second kappa shape index (κ2) is 6.61. The lowest BCUT2D eigenvalue weighted by molar-refractivity contribution is 0.554. The summed E-state index contributed by atoms with van der Waals surface area (Å²) in [6.07, 6.45) is 1.28. The summed E-state index contributed by atoms with van der Waals surface area (Å²) in [6, 6.07) is 3.84. The van der Waals surface area contributed by atoms with Crippen molar-refractivity contribution in [2.75, 3.05) is 19.3 Å². The molecule has 0 heterocycles. The quantitative estimate of drug-likeness (QED) is 0.708.